The minimum Gasteiger partial charge on any atom is -0.507 e. The molecular weight excluding hydrogens is 346 g/mol. The van der Waals surface area contributed by atoms with Gasteiger partial charge in [-0.05, 0) is 36.4 Å². The fourth-order valence-corrected chi connectivity index (χ4v) is 2.13. The van der Waals surface area contributed by atoms with Crippen molar-refractivity contribution in [3.05, 3.63) is 51.5 Å². The third-order valence-electron chi connectivity index (χ3n) is 2.62. The molecule has 0 aromatic heterocycles. The van der Waals surface area contributed by atoms with E-state index in [0.717, 1.165) is 4.47 Å². The summed E-state index contributed by atoms with van der Waals surface area (Å²) in [6, 6.07) is 9.52. The highest BCUT2D eigenvalue weighted by molar-refractivity contribution is 9.10. The number of hydrogen-bond acceptors (Lipinski definition) is 3. The molecule has 6 heteroatoms. The van der Waals surface area contributed by atoms with E-state index in [4.69, 9.17) is 16.3 Å². The Hall–Kier alpha value is -1.72. The van der Waals surface area contributed by atoms with E-state index in [1.54, 1.807) is 24.3 Å². The molecule has 0 bridgehead atoms. The molecule has 0 aliphatic carbocycles. The molecule has 104 valence electrons. The zero-order valence-electron chi connectivity index (χ0n) is 10.5. The first-order valence-electron chi connectivity index (χ1n) is 5.64. The highest BCUT2D eigenvalue weighted by Gasteiger charge is 2.14. The first-order chi connectivity index (χ1) is 9.51. The van der Waals surface area contributed by atoms with Crippen molar-refractivity contribution in [1.29, 1.82) is 0 Å². The number of halogens is 2. The van der Waals surface area contributed by atoms with Crippen LogP contribution in [0.2, 0.25) is 5.02 Å². The Balaban J connectivity index is 2.30. The van der Waals surface area contributed by atoms with Gasteiger partial charge in [0.1, 0.15) is 11.5 Å². The average molecular weight is 357 g/mol. The SMILES string of the molecule is COc1ccc(O)c(C(=O)Nc2cc(Br)ccc2Cl)c1. The van der Waals surface area contributed by atoms with Crippen molar-refractivity contribution in [2.45, 2.75) is 0 Å². The number of hydrogen-bond donors (Lipinski definition) is 2. The van der Waals surface area contributed by atoms with Crippen molar-refractivity contribution in [3.63, 3.8) is 0 Å². The maximum absolute atomic E-state index is 12.2. The number of benzene rings is 2. The number of anilines is 1. The average Bonchev–Trinajstić information content (AvgIpc) is 2.43. The van der Waals surface area contributed by atoms with Crippen molar-refractivity contribution < 1.29 is 14.6 Å². The molecule has 1 amide bonds. The van der Waals surface area contributed by atoms with Crippen LogP contribution >= 0.6 is 27.5 Å². The summed E-state index contributed by atoms with van der Waals surface area (Å²) in [5, 5.41) is 12.8. The van der Waals surface area contributed by atoms with Crippen LogP contribution in [0.3, 0.4) is 0 Å². The molecule has 2 rings (SSSR count). The molecule has 0 spiro atoms. The summed E-state index contributed by atoms with van der Waals surface area (Å²) in [5.74, 6) is -0.121. The maximum Gasteiger partial charge on any atom is 0.259 e. The topological polar surface area (TPSA) is 58.6 Å². The van der Waals surface area contributed by atoms with Gasteiger partial charge in [0, 0.05) is 4.47 Å². The Labute approximate surface area is 129 Å². The van der Waals surface area contributed by atoms with Crippen LogP contribution in [-0.2, 0) is 0 Å². The first kappa shape index (κ1) is 14.7. The molecule has 0 atom stereocenters. The number of rotatable bonds is 3. The summed E-state index contributed by atoms with van der Waals surface area (Å²) in [7, 11) is 1.49. The van der Waals surface area contributed by atoms with Gasteiger partial charge in [-0.1, -0.05) is 27.5 Å². The number of carbonyl (C=O) groups is 1. The summed E-state index contributed by atoms with van der Waals surface area (Å²) in [4.78, 5) is 12.2. The monoisotopic (exact) mass is 355 g/mol. The number of ether oxygens (including phenoxy) is 1. The standard InChI is InChI=1S/C14H11BrClNO3/c1-20-9-3-5-13(18)10(7-9)14(19)17-12-6-8(15)2-4-11(12)16/h2-7,18H,1H3,(H,17,19). The van der Waals surface area contributed by atoms with Crippen molar-refractivity contribution in [1.82, 2.24) is 0 Å². The molecule has 2 aromatic rings. The highest BCUT2D eigenvalue weighted by atomic mass is 79.9. The minimum absolute atomic E-state index is 0.111. The van der Waals surface area contributed by atoms with Crippen LogP contribution in [-0.4, -0.2) is 18.1 Å². The normalized spacial score (nSPS) is 10.2. The maximum atomic E-state index is 12.2. The molecular formula is C14H11BrClNO3. The lowest BCUT2D eigenvalue weighted by atomic mass is 10.1. The Bertz CT molecular complexity index is 661. The van der Waals surface area contributed by atoms with E-state index in [1.807, 2.05) is 0 Å². The van der Waals surface area contributed by atoms with E-state index in [9.17, 15) is 9.90 Å². The summed E-state index contributed by atoms with van der Waals surface area (Å²) in [5.41, 5.74) is 0.564. The molecule has 20 heavy (non-hydrogen) atoms. The molecule has 0 unspecified atom stereocenters. The minimum atomic E-state index is -0.471. The second-order valence-corrected chi connectivity index (χ2v) is 5.28. The molecule has 0 aliphatic heterocycles. The number of phenolic OH excluding ortho intramolecular Hbond substituents is 1. The first-order valence-corrected chi connectivity index (χ1v) is 6.82. The zero-order chi connectivity index (χ0) is 14.7. The van der Waals surface area contributed by atoms with Crippen molar-refractivity contribution in [3.8, 4) is 11.5 Å². The van der Waals surface area contributed by atoms with Gasteiger partial charge in [0.15, 0.2) is 0 Å². The number of carbonyl (C=O) groups excluding carboxylic acids is 1. The Morgan fingerprint density at radius 2 is 2.05 bits per heavy atom. The van der Waals surface area contributed by atoms with Gasteiger partial charge >= 0.3 is 0 Å². The third-order valence-corrected chi connectivity index (χ3v) is 3.45. The second-order valence-electron chi connectivity index (χ2n) is 3.96. The van der Waals surface area contributed by atoms with Gasteiger partial charge in [-0.2, -0.15) is 0 Å². The van der Waals surface area contributed by atoms with Crippen LogP contribution < -0.4 is 10.1 Å². The van der Waals surface area contributed by atoms with E-state index in [0.29, 0.717) is 16.5 Å². The van der Waals surface area contributed by atoms with Gasteiger partial charge in [0.05, 0.1) is 23.4 Å². The van der Waals surface area contributed by atoms with Crippen LogP contribution in [0, 0.1) is 0 Å². The Morgan fingerprint density at radius 3 is 2.75 bits per heavy atom. The quantitative estimate of drug-likeness (QED) is 0.871. The van der Waals surface area contributed by atoms with Gasteiger partial charge in [0.25, 0.3) is 5.91 Å². The molecule has 4 nitrogen and oxygen atoms in total. The molecule has 0 saturated carbocycles. The molecule has 0 aliphatic rings. The van der Waals surface area contributed by atoms with Gasteiger partial charge < -0.3 is 15.2 Å². The van der Waals surface area contributed by atoms with Crippen LogP contribution in [0.5, 0.6) is 11.5 Å². The van der Waals surface area contributed by atoms with E-state index in [1.165, 1.54) is 19.2 Å². The predicted molar refractivity (Wildman–Crippen MR) is 81.8 cm³/mol. The van der Waals surface area contributed by atoms with Crippen LogP contribution in [0.4, 0.5) is 5.69 Å². The van der Waals surface area contributed by atoms with Crippen LogP contribution in [0.1, 0.15) is 10.4 Å². The van der Waals surface area contributed by atoms with Crippen LogP contribution in [0.15, 0.2) is 40.9 Å². The van der Waals surface area contributed by atoms with Gasteiger partial charge in [-0.3, -0.25) is 4.79 Å². The summed E-state index contributed by atoms with van der Waals surface area (Å²) < 4.78 is 5.81. The van der Waals surface area contributed by atoms with E-state index in [-0.39, 0.29) is 11.3 Å². The number of phenols is 1. The molecule has 0 saturated heterocycles. The summed E-state index contributed by atoms with van der Waals surface area (Å²) in [6.45, 7) is 0. The van der Waals surface area contributed by atoms with E-state index >= 15 is 0 Å². The Morgan fingerprint density at radius 1 is 1.30 bits per heavy atom. The molecule has 2 N–H and O–H groups in total. The summed E-state index contributed by atoms with van der Waals surface area (Å²) >= 11 is 9.30. The fourth-order valence-electron chi connectivity index (χ4n) is 1.61. The van der Waals surface area contributed by atoms with E-state index in [2.05, 4.69) is 21.2 Å². The molecule has 0 fully saturated rings. The molecule has 0 heterocycles. The third kappa shape index (κ3) is 3.23. The lowest BCUT2D eigenvalue weighted by Gasteiger charge is -2.10. The molecule has 0 radical (unpaired) electrons. The van der Waals surface area contributed by atoms with Crippen LogP contribution in [0.25, 0.3) is 0 Å². The van der Waals surface area contributed by atoms with Crippen molar-refractivity contribution >= 4 is 39.1 Å². The van der Waals surface area contributed by atoms with Crippen molar-refractivity contribution in [2.75, 3.05) is 12.4 Å². The predicted octanol–water partition coefficient (Wildman–Crippen LogP) is 4.07. The number of aromatic hydroxyl groups is 1. The summed E-state index contributed by atoms with van der Waals surface area (Å²) in [6.07, 6.45) is 0. The number of amides is 1. The highest BCUT2D eigenvalue weighted by Crippen LogP contribution is 2.28. The second kappa shape index (κ2) is 6.15. The molecule has 2 aromatic carbocycles. The number of nitrogens with one attached hydrogen (secondary N) is 1. The number of methoxy groups -OCH3 is 1. The Kier molecular flexibility index (Phi) is 4.52. The lowest BCUT2D eigenvalue weighted by Crippen LogP contribution is -2.12. The van der Waals surface area contributed by atoms with Gasteiger partial charge in [-0.15, -0.1) is 0 Å². The van der Waals surface area contributed by atoms with E-state index < -0.39 is 5.91 Å². The van der Waals surface area contributed by atoms with Gasteiger partial charge in [0.2, 0.25) is 0 Å². The zero-order valence-corrected chi connectivity index (χ0v) is 12.8. The van der Waals surface area contributed by atoms with Gasteiger partial charge in [-0.25, -0.2) is 0 Å². The largest absolute Gasteiger partial charge is 0.507 e. The van der Waals surface area contributed by atoms with Crippen molar-refractivity contribution in [2.24, 2.45) is 0 Å². The smallest absolute Gasteiger partial charge is 0.259 e. The lowest BCUT2D eigenvalue weighted by molar-refractivity contribution is 0.102. The fraction of sp³-hybridized carbons (Fsp3) is 0.0714.